The van der Waals surface area contributed by atoms with Gasteiger partial charge in [-0.15, -0.1) is 0 Å². The molecule has 13 heavy (non-hydrogen) atoms. The number of nitrogens with zero attached hydrogens (tertiary/aromatic N) is 3. The third kappa shape index (κ3) is 1.17. The molecule has 66 valence electrons. The van der Waals surface area contributed by atoms with E-state index in [2.05, 4.69) is 30.9 Å². The van der Waals surface area contributed by atoms with E-state index in [1.165, 1.54) is 12.1 Å². The van der Waals surface area contributed by atoms with Crippen LogP contribution in [0.4, 0.5) is 5.69 Å². The molecule has 6 nitrogen and oxygen atoms in total. The predicted octanol–water partition coefficient (Wildman–Crippen LogP) is 1.89. The van der Waals surface area contributed by atoms with Crippen molar-refractivity contribution in [2.75, 3.05) is 0 Å². The summed E-state index contributed by atoms with van der Waals surface area (Å²) in [6.07, 6.45) is 0. The zero-order chi connectivity index (χ0) is 9.42. The number of halogens is 1. The monoisotopic (exact) mass is 243 g/mol. The standard InChI is InChI=1S/C6H2BrN3O3/c7-5-4(10(11)12)2-1-3-6(5)9-13-8-3/h1-2H. The van der Waals surface area contributed by atoms with Gasteiger partial charge < -0.3 is 0 Å². The quantitative estimate of drug-likeness (QED) is 0.565. The van der Waals surface area contributed by atoms with Crippen LogP contribution >= 0.6 is 15.9 Å². The Bertz CT molecular complexity index is 481. The summed E-state index contributed by atoms with van der Waals surface area (Å²) in [6, 6.07) is 2.82. The minimum Gasteiger partial charge on any atom is -0.258 e. The first-order valence-electron chi connectivity index (χ1n) is 3.25. The van der Waals surface area contributed by atoms with Gasteiger partial charge in [-0.25, -0.2) is 4.63 Å². The SMILES string of the molecule is O=[N+]([O-])c1ccc2nonc2c1Br. The number of hydrogen-bond acceptors (Lipinski definition) is 5. The molecule has 0 fully saturated rings. The highest BCUT2D eigenvalue weighted by Gasteiger charge is 2.17. The number of aromatic nitrogens is 2. The van der Waals surface area contributed by atoms with Crippen molar-refractivity contribution in [3.8, 4) is 0 Å². The Morgan fingerprint density at radius 3 is 2.92 bits per heavy atom. The lowest BCUT2D eigenvalue weighted by atomic mass is 10.3. The molecule has 0 atom stereocenters. The van der Waals surface area contributed by atoms with Gasteiger partial charge in [0.05, 0.1) is 4.92 Å². The molecule has 0 aliphatic rings. The molecule has 1 heterocycles. The fraction of sp³-hybridized carbons (Fsp3) is 0. The van der Waals surface area contributed by atoms with Gasteiger partial charge in [0.1, 0.15) is 9.99 Å². The first-order chi connectivity index (χ1) is 6.20. The predicted molar refractivity (Wildman–Crippen MR) is 46.2 cm³/mol. The number of nitro benzene ring substituents is 1. The lowest BCUT2D eigenvalue weighted by Crippen LogP contribution is -1.89. The number of benzene rings is 1. The molecule has 0 saturated carbocycles. The molecule has 0 radical (unpaired) electrons. The third-order valence-electron chi connectivity index (χ3n) is 1.54. The van der Waals surface area contributed by atoms with Crippen LogP contribution in [-0.2, 0) is 0 Å². The van der Waals surface area contributed by atoms with Crippen molar-refractivity contribution in [3.63, 3.8) is 0 Å². The largest absolute Gasteiger partial charge is 0.286 e. The molecule has 0 aliphatic carbocycles. The van der Waals surface area contributed by atoms with Crippen molar-refractivity contribution >= 4 is 32.7 Å². The van der Waals surface area contributed by atoms with E-state index in [-0.39, 0.29) is 10.2 Å². The van der Waals surface area contributed by atoms with Gasteiger partial charge in [0.2, 0.25) is 0 Å². The molecule has 2 rings (SSSR count). The van der Waals surface area contributed by atoms with Crippen molar-refractivity contribution in [2.24, 2.45) is 0 Å². The fourth-order valence-corrected chi connectivity index (χ4v) is 1.50. The second kappa shape index (κ2) is 2.77. The molecule has 1 aromatic heterocycles. The molecule has 0 bridgehead atoms. The van der Waals surface area contributed by atoms with Crippen LogP contribution in [0.15, 0.2) is 21.2 Å². The molecule has 0 aliphatic heterocycles. The smallest absolute Gasteiger partial charge is 0.258 e. The van der Waals surface area contributed by atoms with E-state index in [1.807, 2.05) is 0 Å². The van der Waals surface area contributed by atoms with Gasteiger partial charge in [-0.2, -0.15) is 0 Å². The summed E-state index contributed by atoms with van der Waals surface area (Å²) in [7, 11) is 0. The first-order valence-corrected chi connectivity index (χ1v) is 4.04. The van der Waals surface area contributed by atoms with Crippen LogP contribution in [0, 0.1) is 10.1 Å². The highest BCUT2D eigenvalue weighted by atomic mass is 79.9. The minimum atomic E-state index is -0.502. The molecule has 1 aromatic carbocycles. The van der Waals surface area contributed by atoms with Crippen LogP contribution in [0.5, 0.6) is 0 Å². The Kier molecular flexibility index (Phi) is 1.73. The highest BCUT2D eigenvalue weighted by molar-refractivity contribution is 9.10. The van der Waals surface area contributed by atoms with Gasteiger partial charge in [0.25, 0.3) is 5.69 Å². The van der Waals surface area contributed by atoms with Gasteiger partial charge in [-0.1, -0.05) is 0 Å². The van der Waals surface area contributed by atoms with E-state index in [4.69, 9.17) is 0 Å². The van der Waals surface area contributed by atoms with Crippen molar-refractivity contribution in [3.05, 3.63) is 26.7 Å². The summed E-state index contributed by atoms with van der Waals surface area (Å²) in [6.45, 7) is 0. The fourth-order valence-electron chi connectivity index (χ4n) is 0.950. The van der Waals surface area contributed by atoms with Gasteiger partial charge in [0.15, 0.2) is 5.52 Å². The lowest BCUT2D eigenvalue weighted by molar-refractivity contribution is -0.385. The number of rotatable bonds is 1. The average molecular weight is 244 g/mol. The van der Waals surface area contributed by atoms with Crippen LogP contribution in [-0.4, -0.2) is 15.2 Å². The summed E-state index contributed by atoms with van der Waals surface area (Å²) < 4.78 is 4.72. The van der Waals surface area contributed by atoms with Crippen LogP contribution < -0.4 is 0 Å². The van der Waals surface area contributed by atoms with Gasteiger partial charge in [-0.3, -0.25) is 10.1 Å². The second-order valence-electron chi connectivity index (χ2n) is 2.29. The lowest BCUT2D eigenvalue weighted by Gasteiger charge is -1.92. The molecule has 0 saturated heterocycles. The maximum Gasteiger partial charge on any atom is 0.286 e. The van der Waals surface area contributed by atoms with Crippen LogP contribution in [0.2, 0.25) is 0 Å². The van der Waals surface area contributed by atoms with E-state index in [0.717, 1.165) is 0 Å². The Labute approximate surface area is 79.8 Å². The van der Waals surface area contributed by atoms with Gasteiger partial charge in [-0.05, 0) is 32.3 Å². The van der Waals surface area contributed by atoms with Crippen LogP contribution in [0.3, 0.4) is 0 Å². The topological polar surface area (TPSA) is 82.1 Å². The second-order valence-corrected chi connectivity index (χ2v) is 3.08. The maximum absolute atomic E-state index is 10.5. The first kappa shape index (κ1) is 8.11. The number of nitro groups is 1. The Balaban J connectivity index is 2.80. The Morgan fingerprint density at radius 2 is 2.23 bits per heavy atom. The summed E-state index contributed by atoms with van der Waals surface area (Å²) in [5, 5.41) is 17.5. The zero-order valence-corrected chi connectivity index (χ0v) is 7.69. The minimum absolute atomic E-state index is 0.0526. The number of hydrogen-bond donors (Lipinski definition) is 0. The normalized spacial score (nSPS) is 10.5. The Hall–Kier alpha value is -1.50. The van der Waals surface area contributed by atoms with E-state index in [9.17, 15) is 10.1 Å². The molecule has 0 spiro atoms. The number of fused-ring (bicyclic) bond motifs is 1. The molecule has 0 unspecified atom stereocenters. The van der Waals surface area contributed by atoms with E-state index < -0.39 is 4.92 Å². The molecular formula is C6H2BrN3O3. The summed E-state index contributed by atoms with van der Waals surface area (Å²) in [4.78, 5) is 9.98. The van der Waals surface area contributed by atoms with Crippen molar-refractivity contribution in [1.82, 2.24) is 10.3 Å². The van der Waals surface area contributed by atoms with E-state index >= 15 is 0 Å². The Morgan fingerprint density at radius 1 is 1.46 bits per heavy atom. The molecule has 0 amide bonds. The summed E-state index contributed by atoms with van der Waals surface area (Å²) in [5.74, 6) is 0. The molecule has 0 N–H and O–H groups in total. The average Bonchev–Trinajstić information content (AvgIpc) is 2.52. The van der Waals surface area contributed by atoms with E-state index in [0.29, 0.717) is 11.0 Å². The zero-order valence-electron chi connectivity index (χ0n) is 6.10. The van der Waals surface area contributed by atoms with Crippen LogP contribution in [0.1, 0.15) is 0 Å². The third-order valence-corrected chi connectivity index (χ3v) is 2.32. The van der Waals surface area contributed by atoms with Crippen molar-refractivity contribution < 1.29 is 9.55 Å². The van der Waals surface area contributed by atoms with Gasteiger partial charge >= 0.3 is 0 Å². The van der Waals surface area contributed by atoms with Crippen molar-refractivity contribution in [2.45, 2.75) is 0 Å². The van der Waals surface area contributed by atoms with Crippen molar-refractivity contribution in [1.29, 1.82) is 0 Å². The summed E-state index contributed by atoms with van der Waals surface area (Å²) >= 11 is 3.06. The van der Waals surface area contributed by atoms with Gasteiger partial charge in [0, 0.05) is 6.07 Å². The van der Waals surface area contributed by atoms with Crippen LogP contribution in [0.25, 0.3) is 11.0 Å². The molecular weight excluding hydrogens is 242 g/mol. The summed E-state index contributed by atoms with van der Waals surface area (Å²) in [5.41, 5.74) is 0.787. The molecule has 2 aromatic rings. The highest BCUT2D eigenvalue weighted by Crippen LogP contribution is 2.30. The maximum atomic E-state index is 10.5. The molecule has 7 heteroatoms. The van der Waals surface area contributed by atoms with E-state index in [1.54, 1.807) is 0 Å².